The van der Waals surface area contributed by atoms with Crippen LogP contribution in [0.3, 0.4) is 0 Å². The average molecular weight is 556 g/mol. The van der Waals surface area contributed by atoms with Crippen LogP contribution in [0.25, 0.3) is 0 Å². The highest BCUT2D eigenvalue weighted by Crippen LogP contribution is 2.25. The second-order valence-corrected chi connectivity index (χ2v) is 11.5. The second kappa shape index (κ2) is 12.9. The highest BCUT2D eigenvalue weighted by atomic mass is 35.5. The van der Waals surface area contributed by atoms with Crippen molar-refractivity contribution in [1.82, 2.24) is 10.2 Å². The van der Waals surface area contributed by atoms with Crippen LogP contribution in [0.2, 0.25) is 5.02 Å². The summed E-state index contributed by atoms with van der Waals surface area (Å²) >= 11 is 6.39. The van der Waals surface area contributed by atoms with E-state index >= 15 is 0 Å². The zero-order valence-electron chi connectivity index (χ0n) is 22.1. The number of anilines is 1. The summed E-state index contributed by atoms with van der Waals surface area (Å²) in [6.45, 7) is 6.89. The first kappa shape index (κ1) is 29.2. The van der Waals surface area contributed by atoms with Gasteiger partial charge in [-0.2, -0.15) is 0 Å². The average Bonchev–Trinajstić information content (AvgIpc) is 2.91. The minimum atomic E-state index is -4.09. The van der Waals surface area contributed by atoms with Gasteiger partial charge >= 0.3 is 0 Å². The number of halogens is 1. The van der Waals surface area contributed by atoms with E-state index in [1.54, 1.807) is 73.7 Å². The molecule has 0 heterocycles. The topological polar surface area (TPSA) is 86.8 Å². The third kappa shape index (κ3) is 7.14. The van der Waals surface area contributed by atoms with Crippen LogP contribution < -0.4 is 9.62 Å². The van der Waals surface area contributed by atoms with Crippen LogP contribution in [0.15, 0.2) is 83.8 Å². The molecule has 0 aliphatic carbocycles. The summed E-state index contributed by atoms with van der Waals surface area (Å²) in [5.41, 5.74) is 1.91. The van der Waals surface area contributed by atoms with Gasteiger partial charge in [-0.25, -0.2) is 8.42 Å². The van der Waals surface area contributed by atoms with Gasteiger partial charge in [-0.05, 0) is 63.1 Å². The molecular formula is C29H34ClN3O4S. The van der Waals surface area contributed by atoms with Crippen molar-refractivity contribution in [3.8, 4) is 0 Å². The molecular weight excluding hydrogens is 522 g/mol. The quantitative estimate of drug-likeness (QED) is 0.353. The van der Waals surface area contributed by atoms with Crippen LogP contribution in [0.1, 0.15) is 38.3 Å². The lowest BCUT2D eigenvalue weighted by atomic mass is 10.1. The Hall–Kier alpha value is -3.36. The van der Waals surface area contributed by atoms with Gasteiger partial charge in [0.05, 0.1) is 10.6 Å². The lowest BCUT2D eigenvalue weighted by Gasteiger charge is -2.32. The van der Waals surface area contributed by atoms with Crippen LogP contribution >= 0.6 is 11.6 Å². The van der Waals surface area contributed by atoms with E-state index in [0.717, 1.165) is 16.3 Å². The summed E-state index contributed by atoms with van der Waals surface area (Å²) in [6, 6.07) is 21.0. The highest BCUT2D eigenvalue weighted by molar-refractivity contribution is 7.92. The summed E-state index contributed by atoms with van der Waals surface area (Å²) in [5, 5.41) is 3.36. The molecule has 0 fully saturated rings. The molecule has 7 nitrogen and oxygen atoms in total. The number of amides is 2. The van der Waals surface area contributed by atoms with Gasteiger partial charge in [-0.3, -0.25) is 13.9 Å². The Morgan fingerprint density at radius 3 is 2.13 bits per heavy atom. The molecule has 0 aliphatic rings. The number of para-hydroxylation sites is 1. The Morgan fingerprint density at radius 2 is 1.53 bits per heavy atom. The summed E-state index contributed by atoms with van der Waals surface area (Å²) in [6.07, 6.45) is 0.730. The van der Waals surface area contributed by atoms with Gasteiger partial charge in [0.1, 0.15) is 12.6 Å². The minimum Gasteiger partial charge on any atom is -0.352 e. The van der Waals surface area contributed by atoms with Crippen molar-refractivity contribution in [2.24, 2.45) is 0 Å². The molecule has 202 valence electrons. The number of nitrogens with one attached hydrogen (secondary N) is 1. The molecule has 0 spiro atoms. The van der Waals surface area contributed by atoms with Crippen molar-refractivity contribution in [2.75, 3.05) is 10.8 Å². The molecule has 3 rings (SSSR count). The first-order chi connectivity index (χ1) is 18.0. The molecule has 0 unspecified atom stereocenters. The van der Waals surface area contributed by atoms with E-state index in [1.165, 1.54) is 17.0 Å². The fourth-order valence-corrected chi connectivity index (χ4v) is 5.43. The number of sulfonamides is 1. The molecule has 3 aromatic rings. The van der Waals surface area contributed by atoms with Crippen LogP contribution in [0.4, 0.5) is 5.69 Å². The van der Waals surface area contributed by atoms with Gasteiger partial charge in [-0.1, -0.05) is 72.6 Å². The first-order valence-electron chi connectivity index (χ1n) is 12.5. The molecule has 0 radical (unpaired) electrons. The van der Waals surface area contributed by atoms with E-state index in [1.807, 2.05) is 20.8 Å². The largest absolute Gasteiger partial charge is 0.352 e. The maximum Gasteiger partial charge on any atom is 0.264 e. The summed E-state index contributed by atoms with van der Waals surface area (Å²) < 4.78 is 28.6. The van der Waals surface area contributed by atoms with Gasteiger partial charge in [0.25, 0.3) is 10.0 Å². The third-order valence-corrected chi connectivity index (χ3v) is 8.56. The maximum atomic E-state index is 13.9. The Kier molecular flexibility index (Phi) is 9.94. The fourth-order valence-electron chi connectivity index (χ4n) is 3.82. The smallest absolute Gasteiger partial charge is 0.264 e. The van der Waals surface area contributed by atoms with E-state index in [4.69, 9.17) is 11.6 Å². The standard InChI is InChI=1S/C29H34ClN3O4S/c1-5-22(3)31-29(35)23(4)32(19-24-11-9-10-14-27(24)30)28(34)20-33(25-12-7-6-8-13-25)38(36,37)26-17-15-21(2)16-18-26/h6-18,22-23H,5,19-20H2,1-4H3,(H,31,35)/t22-,23-/m1/s1. The van der Waals surface area contributed by atoms with Crippen molar-refractivity contribution in [3.63, 3.8) is 0 Å². The molecule has 2 amide bonds. The second-order valence-electron chi connectivity index (χ2n) is 9.27. The Labute approximate surface area is 230 Å². The van der Waals surface area contributed by atoms with Crippen molar-refractivity contribution in [1.29, 1.82) is 0 Å². The molecule has 0 saturated heterocycles. The van der Waals surface area contributed by atoms with Crippen LogP contribution in [0, 0.1) is 6.92 Å². The summed E-state index contributed by atoms with van der Waals surface area (Å²) in [5.74, 6) is -0.858. The monoisotopic (exact) mass is 555 g/mol. The number of carbonyl (C=O) groups excluding carboxylic acids is 2. The highest BCUT2D eigenvalue weighted by Gasteiger charge is 2.33. The van der Waals surface area contributed by atoms with Crippen molar-refractivity contribution >= 4 is 39.1 Å². The minimum absolute atomic E-state index is 0.0425. The van der Waals surface area contributed by atoms with Gasteiger partial charge in [-0.15, -0.1) is 0 Å². The van der Waals surface area contributed by atoms with E-state index in [9.17, 15) is 18.0 Å². The molecule has 0 bridgehead atoms. The Balaban J connectivity index is 2.01. The van der Waals surface area contributed by atoms with E-state index in [0.29, 0.717) is 16.3 Å². The predicted molar refractivity (Wildman–Crippen MR) is 152 cm³/mol. The number of nitrogens with zero attached hydrogens (tertiary/aromatic N) is 2. The Morgan fingerprint density at radius 1 is 0.921 bits per heavy atom. The SMILES string of the molecule is CC[C@@H](C)NC(=O)[C@@H](C)N(Cc1ccccc1Cl)C(=O)CN(c1ccccc1)S(=O)(=O)c1ccc(C)cc1. The predicted octanol–water partition coefficient (Wildman–Crippen LogP) is 5.18. The summed E-state index contributed by atoms with van der Waals surface area (Å²) in [7, 11) is -4.09. The van der Waals surface area contributed by atoms with E-state index in [2.05, 4.69) is 5.32 Å². The summed E-state index contributed by atoms with van der Waals surface area (Å²) in [4.78, 5) is 28.4. The fraction of sp³-hybridized carbons (Fsp3) is 0.310. The van der Waals surface area contributed by atoms with Crippen LogP contribution in [0.5, 0.6) is 0 Å². The third-order valence-electron chi connectivity index (χ3n) is 6.40. The first-order valence-corrected chi connectivity index (χ1v) is 14.3. The molecule has 0 saturated carbocycles. The van der Waals surface area contributed by atoms with E-state index < -0.39 is 28.5 Å². The molecule has 0 aliphatic heterocycles. The number of rotatable bonds is 11. The van der Waals surface area contributed by atoms with E-state index in [-0.39, 0.29) is 23.4 Å². The number of aryl methyl sites for hydroxylation is 1. The van der Waals surface area contributed by atoms with Gasteiger partial charge in [0, 0.05) is 17.6 Å². The Bertz CT molecular complexity index is 1350. The maximum absolute atomic E-state index is 13.9. The molecule has 38 heavy (non-hydrogen) atoms. The number of hydrogen-bond acceptors (Lipinski definition) is 4. The van der Waals surface area contributed by atoms with Gasteiger partial charge in [0.15, 0.2) is 0 Å². The van der Waals surface area contributed by atoms with Gasteiger partial charge < -0.3 is 10.2 Å². The van der Waals surface area contributed by atoms with Crippen molar-refractivity contribution < 1.29 is 18.0 Å². The lowest BCUT2D eigenvalue weighted by Crippen LogP contribution is -2.52. The molecule has 3 aromatic carbocycles. The zero-order valence-corrected chi connectivity index (χ0v) is 23.7. The van der Waals surface area contributed by atoms with Crippen LogP contribution in [-0.4, -0.2) is 43.8 Å². The molecule has 2 atom stereocenters. The molecule has 1 N–H and O–H groups in total. The van der Waals surface area contributed by atoms with Crippen LogP contribution in [-0.2, 0) is 26.2 Å². The molecule has 0 aromatic heterocycles. The van der Waals surface area contributed by atoms with Crippen molar-refractivity contribution in [2.45, 2.75) is 57.6 Å². The number of hydrogen-bond donors (Lipinski definition) is 1. The molecule has 9 heteroatoms. The zero-order chi connectivity index (χ0) is 27.9. The number of benzene rings is 3. The lowest BCUT2D eigenvalue weighted by molar-refractivity contribution is -0.139. The van der Waals surface area contributed by atoms with Crippen molar-refractivity contribution in [3.05, 3.63) is 95.0 Å². The number of carbonyl (C=O) groups is 2. The normalized spacial score (nSPS) is 12.9. The van der Waals surface area contributed by atoms with Gasteiger partial charge in [0.2, 0.25) is 11.8 Å².